The van der Waals surface area contributed by atoms with Crippen LogP contribution in [0.2, 0.25) is 0 Å². The summed E-state index contributed by atoms with van der Waals surface area (Å²) in [6, 6.07) is 9.88. The number of hydrogen-bond donors (Lipinski definition) is 0. The van der Waals surface area contributed by atoms with Crippen molar-refractivity contribution in [3.8, 4) is 5.69 Å². The van der Waals surface area contributed by atoms with Gasteiger partial charge in [-0.05, 0) is 47.2 Å². The molecule has 2 aliphatic rings. The third-order valence-electron chi connectivity index (χ3n) is 5.29. The summed E-state index contributed by atoms with van der Waals surface area (Å²) in [6.07, 6.45) is 3.28. The molecule has 7 nitrogen and oxygen atoms in total. The summed E-state index contributed by atoms with van der Waals surface area (Å²) in [5.41, 5.74) is 0.944. The first-order valence-electron chi connectivity index (χ1n) is 9.09. The monoisotopic (exact) mass is 340 g/mol. The average Bonchev–Trinajstić information content (AvgIpc) is 3.39. The largest absolute Gasteiger partial charge is 0.339 e. The molecular weight excluding hydrogens is 316 g/mol. The van der Waals surface area contributed by atoms with Gasteiger partial charge in [0, 0.05) is 32.6 Å². The first-order valence-corrected chi connectivity index (χ1v) is 9.09. The van der Waals surface area contributed by atoms with E-state index < -0.39 is 0 Å². The summed E-state index contributed by atoms with van der Waals surface area (Å²) in [5.74, 6) is 2.34. The van der Waals surface area contributed by atoms with Crippen LogP contribution in [0.1, 0.15) is 26.2 Å². The molecule has 2 heterocycles. The van der Waals surface area contributed by atoms with E-state index in [0.29, 0.717) is 18.2 Å². The van der Waals surface area contributed by atoms with E-state index in [0.717, 1.165) is 43.7 Å². The molecule has 1 aliphatic heterocycles. The maximum atomic E-state index is 12.5. The van der Waals surface area contributed by atoms with Gasteiger partial charge in [0.2, 0.25) is 11.9 Å². The van der Waals surface area contributed by atoms with Crippen LogP contribution in [0.4, 0.5) is 5.95 Å². The lowest BCUT2D eigenvalue weighted by Crippen LogP contribution is -2.49. The topological polar surface area (TPSA) is 67.2 Å². The third kappa shape index (κ3) is 3.50. The Balaban J connectivity index is 1.38. The number of carbonyl (C=O) groups excluding carboxylic acids is 1. The molecule has 1 saturated heterocycles. The Morgan fingerprint density at radius 1 is 1.16 bits per heavy atom. The molecule has 0 N–H and O–H groups in total. The van der Waals surface area contributed by atoms with Crippen molar-refractivity contribution in [2.45, 2.75) is 26.2 Å². The molecule has 1 aromatic carbocycles. The van der Waals surface area contributed by atoms with Crippen molar-refractivity contribution >= 4 is 11.9 Å². The number of aromatic nitrogens is 4. The van der Waals surface area contributed by atoms with Gasteiger partial charge < -0.3 is 9.80 Å². The second-order valence-corrected chi connectivity index (χ2v) is 7.11. The van der Waals surface area contributed by atoms with Crippen LogP contribution in [-0.2, 0) is 4.79 Å². The third-order valence-corrected chi connectivity index (χ3v) is 5.29. The van der Waals surface area contributed by atoms with Crippen LogP contribution in [-0.4, -0.2) is 57.2 Å². The molecule has 2 aromatic rings. The standard InChI is InChI=1S/C18H24N6O/c1-14(15-7-8-15)13-17(25)22-9-11-23(12-10-22)18-19-20-21-24(18)16-5-3-2-4-6-16/h2-6,14-15H,7-13H2,1H3/t14-/m0/s1. The molecule has 1 saturated carbocycles. The van der Waals surface area contributed by atoms with Gasteiger partial charge in [-0.3, -0.25) is 4.79 Å². The number of amides is 1. The Labute approximate surface area is 147 Å². The fourth-order valence-corrected chi connectivity index (χ4v) is 3.51. The van der Waals surface area contributed by atoms with Gasteiger partial charge in [0.1, 0.15) is 0 Å². The molecule has 0 radical (unpaired) electrons. The number of benzene rings is 1. The highest BCUT2D eigenvalue weighted by atomic mass is 16.2. The molecule has 1 aromatic heterocycles. The van der Waals surface area contributed by atoms with E-state index >= 15 is 0 Å². The molecule has 1 aliphatic carbocycles. The van der Waals surface area contributed by atoms with E-state index in [-0.39, 0.29) is 0 Å². The number of carbonyl (C=O) groups is 1. The maximum absolute atomic E-state index is 12.5. The predicted octanol–water partition coefficient (Wildman–Crippen LogP) is 1.75. The number of nitrogens with zero attached hydrogens (tertiary/aromatic N) is 6. The summed E-state index contributed by atoms with van der Waals surface area (Å²) >= 11 is 0. The smallest absolute Gasteiger partial charge is 0.250 e. The molecular formula is C18H24N6O. The highest BCUT2D eigenvalue weighted by Crippen LogP contribution is 2.38. The van der Waals surface area contributed by atoms with Gasteiger partial charge in [-0.15, -0.1) is 0 Å². The van der Waals surface area contributed by atoms with Crippen molar-refractivity contribution in [3.05, 3.63) is 30.3 Å². The zero-order valence-corrected chi connectivity index (χ0v) is 14.6. The lowest BCUT2D eigenvalue weighted by Gasteiger charge is -2.35. The van der Waals surface area contributed by atoms with E-state index in [9.17, 15) is 4.79 Å². The molecule has 1 atom stereocenters. The van der Waals surface area contributed by atoms with Gasteiger partial charge in [0.15, 0.2) is 0 Å². The lowest BCUT2D eigenvalue weighted by molar-refractivity contribution is -0.132. The molecule has 4 rings (SSSR count). The van der Waals surface area contributed by atoms with Gasteiger partial charge in [0.05, 0.1) is 5.69 Å². The Morgan fingerprint density at radius 2 is 1.88 bits per heavy atom. The van der Waals surface area contributed by atoms with Crippen LogP contribution in [0, 0.1) is 11.8 Å². The SMILES string of the molecule is C[C@@H](CC(=O)N1CCN(c2nnnn2-c2ccccc2)CC1)C1CC1. The molecule has 25 heavy (non-hydrogen) atoms. The van der Waals surface area contributed by atoms with Crippen molar-refractivity contribution in [1.29, 1.82) is 0 Å². The number of hydrogen-bond acceptors (Lipinski definition) is 5. The van der Waals surface area contributed by atoms with Crippen LogP contribution < -0.4 is 4.90 Å². The number of rotatable bonds is 5. The maximum Gasteiger partial charge on any atom is 0.250 e. The lowest BCUT2D eigenvalue weighted by atomic mass is 10.0. The highest BCUT2D eigenvalue weighted by molar-refractivity contribution is 5.76. The van der Waals surface area contributed by atoms with Crippen molar-refractivity contribution in [1.82, 2.24) is 25.1 Å². The second-order valence-electron chi connectivity index (χ2n) is 7.11. The average molecular weight is 340 g/mol. The first-order chi connectivity index (χ1) is 12.2. The van der Waals surface area contributed by atoms with Crippen LogP contribution >= 0.6 is 0 Å². The minimum atomic E-state index is 0.293. The van der Waals surface area contributed by atoms with Crippen molar-refractivity contribution in [2.75, 3.05) is 31.1 Å². The second kappa shape index (κ2) is 6.82. The molecule has 0 unspecified atom stereocenters. The number of para-hydroxylation sites is 1. The van der Waals surface area contributed by atoms with Crippen LogP contribution in [0.25, 0.3) is 5.69 Å². The summed E-state index contributed by atoms with van der Waals surface area (Å²) in [7, 11) is 0. The Bertz CT molecular complexity index is 718. The zero-order chi connectivity index (χ0) is 17.2. The summed E-state index contributed by atoms with van der Waals surface area (Å²) < 4.78 is 1.76. The highest BCUT2D eigenvalue weighted by Gasteiger charge is 2.31. The number of piperazine rings is 1. The number of tetrazole rings is 1. The van der Waals surface area contributed by atoms with E-state index in [1.54, 1.807) is 4.68 Å². The summed E-state index contributed by atoms with van der Waals surface area (Å²) in [6.45, 7) is 5.20. The zero-order valence-electron chi connectivity index (χ0n) is 14.6. The van der Waals surface area contributed by atoms with Crippen LogP contribution in [0.5, 0.6) is 0 Å². The van der Waals surface area contributed by atoms with Gasteiger partial charge >= 0.3 is 0 Å². The fraction of sp³-hybridized carbons (Fsp3) is 0.556. The molecule has 7 heteroatoms. The van der Waals surface area contributed by atoms with Gasteiger partial charge in [-0.25, -0.2) is 0 Å². The quantitative estimate of drug-likeness (QED) is 0.829. The van der Waals surface area contributed by atoms with E-state index in [4.69, 9.17) is 0 Å². The number of anilines is 1. The fourth-order valence-electron chi connectivity index (χ4n) is 3.51. The van der Waals surface area contributed by atoms with Crippen molar-refractivity contribution in [3.63, 3.8) is 0 Å². The van der Waals surface area contributed by atoms with Crippen molar-refractivity contribution < 1.29 is 4.79 Å². The summed E-state index contributed by atoms with van der Waals surface area (Å²) in [5, 5.41) is 12.1. The minimum absolute atomic E-state index is 0.293. The predicted molar refractivity (Wildman–Crippen MR) is 94.5 cm³/mol. The van der Waals surface area contributed by atoms with E-state index in [2.05, 4.69) is 27.3 Å². The summed E-state index contributed by atoms with van der Waals surface area (Å²) in [4.78, 5) is 16.6. The Kier molecular flexibility index (Phi) is 4.38. The molecule has 2 fully saturated rings. The van der Waals surface area contributed by atoms with Gasteiger partial charge in [-0.1, -0.05) is 30.2 Å². The molecule has 0 spiro atoms. The molecule has 0 bridgehead atoms. The van der Waals surface area contributed by atoms with E-state index in [1.807, 2.05) is 35.2 Å². The van der Waals surface area contributed by atoms with E-state index in [1.165, 1.54) is 12.8 Å². The van der Waals surface area contributed by atoms with Crippen LogP contribution in [0.3, 0.4) is 0 Å². The van der Waals surface area contributed by atoms with Crippen molar-refractivity contribution in [2.24, 2.45) is 11.8 Å². The van der Waals surface area contributed by atoms with Crippen LogP contribution in [0.15, 0.2) is 30.3 Å². The normalized spacial score (nSPS) is 19.1. The Morgan fingerprint density at radius 3 is 2.56 bits per heavy atom. The Hall–Kier alpha value is -2.44. The van der Waals surface area contributed by atoms with Gasteiger partial charge in [0.25, 0.3) is 0 Å². The molecule has 132 valence electrons. The molecule has 1 amide bonds. The minimum Gasteiger partial charge on any atom is -0.339 e. The van der Waals surface area contributed by atoms with Gasteiger partial charge in [-0.2, -0.15) is 4.68 Å². The first kappa shape index (κ1) is 16.1.